The minimum Gasteiger partial charge on any atom is -0.343 e. The van der Waals surface area contributed by atoms with Gasteiger partial charge in [0.15, 0.2) is 5.65 Å². The summed E-state index contributed by atoms with van der Waals surface area (Å²) in [5, 5.41) is 3.44. The molecule has 2 rings (SSSR count). The Bertz CT molecular complexity index is 453. The van der Waals surface area contributed by atoms with Gasteiger partial charge in [-0.1, -0.05) is 0 Å². The Morgan fingerprint density at radius 1 is 1.33 bits per heavy atom. The van der Waals surface area contributed by atoms with Crippen molar-refractivity contribution in [1.82, 2.24) is 20.3 Å². The van der Waals surface area contributed by atoms with Crippen molar-refractivity contribution in [2.75, 3.05) is 0 Å². The van der Waals surface area contributed by atoms with Gasteiger partial charge in [-0.3, -0.25) is 0 Å². The molecular formula is C11H16N4. The molecule has 0 radical (unpaired) electrons. The van der Waals surface area contributed by atoms with E-state index in [0.717, 1.165) is 17.7 Å². The Kier molecular flexibility index (Phi) is 2.44. The fourth-order valence-corrected chi connectivity index (χ4v) is 1.41. The second kappa shape index (κ2) is 3.62. The second-order valence-corrected chi connectivity index (χ2v) is 4.67. The van der Waals surface area contributed by atoms with Crippen LogP contribution in [0.2, 0.25) is 0 Å². The van der Waals surface area contributed by atoms with Gasteiger partial charge in [0.1, 0.15) is 0 Å². The van der Waals surface area contributed by atoms with Crippen LogP contribution in [0.5, 0.6) is 0 Å². The van der Waals surface area contributed by atoms with Crippen LogP contribution < -0.4 is 5.32 Å². The molecule has 0 aliphatic carbocycles. The number of nitrogens with one attached hydrogen (secondary N) is 2. The van der Waals surface area contributed by atoms with E-state index in [-0.39, 0.29) is 5.54 Å². The molecule has 0 atom stereocenters. The number of aromatic amines is 1. The molecule has 4 heteroatoms. The van der Waals surface area contributed by atoms with Crippen LogP contribution in [0.15, 0.2) is 18.6 Å². The first kappa shape index (κ1) is 10.1. The molecule has 0 saturated heterocycles. The van der Waals surface area contributed by atoms with Crippen LogP contribution in [0.25, 0.3) is 11.2 Å². The fourth-order valence-electron chi connectivity index (χ4n) is 1.41. The van der Waals surface area contributed by atoms with E-state index < -0.39 is 0 Å². The third kappa shape index (κ3) is 2.33. The van der Waals surface area contributed by atoms with Crippen molar-refractivity contribution in [2.45, 2.75) is 32.9 Å². The van der Waals surface area contributed by atoms with E-state index in [9.17, 15) is 0 Å². The van der Waals surface area contributed by atoms with Crippen molar-refractivity contribution in [3.05, 3.63) is 24.2 Å². The van der Waals surface area contributed by atoms with Crippen molar-refractivity contribution in [2.24, 2.45) is 0 Å². The fraction of sp³-hybridized carbons (Fsp3) is 0.455. The number of rotatable bonds is 2. The molecule has 0 aliphatic heterocycles. The van der Waals surface area contributed by atoms with Gasteiger partial charge in [-0.05, 0) is 32.4 Å². The molecule has 0 aromatic carbocycles. The summed E-state index contributed by atoms with van der Waals surface area (Å²) >= 11 is 0. The smallest absolute Gasteiger partial charge is 0.177 e. The van der Waals surface area contributed by atoms with Gasteiger partial charge in [0.25, 0.3) is 0 Å². The number of aromatic nitrogens is 3. The molecule has 0 saturated carbocycles. The normalized spacial score (nSPS) is 12.2. The Balaban J connectivity index is 2.24. The maximum Gasteiger partial charge on any atom is 0.177 e. The number of hydrogen-bond acceptors (Lipinski definition) is 3. The summed E-state index contributed by atoms with van der Waals surface area (Å²) in [7, 11) is 0. The van der Waals surface area contributed by atoms with Gasteiger partial charge < -0.3 is 10.3 Å². The van der Waals surface area contributed by atoms with Gasteiger partial charge in [0.05, 0.1) is 11.8 Å². The van der Waals surface area contributed by atoms with Crippen LogP contribution in [0, 0.1) is 0 Å². The first-order chi connectivity index (χ1) is 7.06. The van der Waals surface area contributed by atoms with Crippen LogP contribution in [-0.2, 0) is 6.54 Å². The van der Waals surface area contributed by atoms with Gasteiger partial charge in [-0.25, -0.2) is 9.97 Å². The number of imidazole rings is 1. The molecule has 0 amide bonds. The van der Waals surface area contributed by atoms with E-state index in [0.29, 0.717) is 0 Å². The van der Waals surface area contributed by atoms with Crippen molar-refractivity contribution >= 4 is 11.2 Å². The molecule has 2 heterocycles. The van der Waals surface area contributed by atoms with Crippen LogP contribution in [-0.4, -0.2) is 20.5 Å². The highest BCUT2D eigenvalue weighted by atomic mass is 15.0. The van der Waals surface area contributed by atoms with Gasteiger partial charge in [0, 0.05) is 18.3 Å². The zero-order valence-electron chi connectivity index (χ0n) is 9.33. The van der Waals surface area contributed by atoms with Crippen LogP contribution in [0.1, 0.15) is 26.3 Å². The SMILES string of the molecule is CC(C)(C)NCc1ccnc2nc[nH]c12. The largest absolute Gasteiger partial charge is 0.343 e. The first-order valence-corrected chi connectivity index (χ1v) is 5.08. The molecule has 0 aliphatic rings. The van der Waals surface area contributed by atoms with E-state index >= 15 is 0 Å². The predicted molar refractivity (Wildman–Crippen MR) is 60.5 cm³/mol. The minimum atomic E-state index is 0.121. The molecule has 4 nitrogen and oxygen atoms in total. The molecular weight excluding hydrogens is 188 g/mol. The third-order valence-corrected chi connectivity index (χ3v) is 2.22. The molecule has 2 aromatic rings. The van der Waals surface area contributed by atoms with Gasteiger partial charge in [-0.15, -0.1) is 0 Å². The zero-order valence-corrected chi connectivity index (χ0v) is 9.33. The lowest BCUT2D eigenvalue weighted by Crippen LogP contribution is -2.35. The molecule has 0 spiro atoms. The van der Waals surface area contributed by atoms with E-state index in [1.165, 1.54) is 5.56 Å². The Hall–Kier alpha value is -1.42. The van der Waals surface area contributed by atoms with Crippen molar-refractivity contribution in [3.8, 4) is 0 Å². The highest BCUT2D eigenvalue weighted by Crippen LogP contribution is 2.12. The van der Waals surface area contributed by atoms with Crippen LogP contribution >= 0.6 is 0 Å². The topological polar surface area (TPSA) is 53.6 Å². The zero-order chi connectivity index (χ0) is 10.9. The summed E-state index contributed by atoms with van der Waals surface area (Å²) < 4.78 is 0. The molecule has 80 valence electrons. The summed E-state index contributed by atoms with van der Waals surface area (Å²) in [6, 6.07) is 2.01. The quantitative estimate of drug-likeness (QED) is 0.785. The second-order valence-electron chi connectivity index (χ2n) is 4.67. The average Bonchev–Trinajstić information content (AvgIpc) is 2.61. The van der Waals surface area contributed by atoms with Gasteiger partial charge >= 0.3 is 0 Å². The first-order valence-electron chi connectivity index (χ1n) is 5.08. The molecule has 2 N–H and O–H groups in total. The standard InChI is InChI=1S/C11H16N4/c1-11(2,3)15-6-8-4-5-12-10-9(8)13-7-14-10/h4-5,7,15H,6H2,1-3H3,(H,12,13,14). The van der Waals surface area contributed by atoms with Gasteiger partial charge in [-0.2, -0.15) is 0 Å². The highest BCUT2D eigenvalue weighted by molar-refractivity contribution is 5.73. The van der Waals surface area contributed by atoms with E-state index in [2.05, 4.69) is 41.0 Å². The maximum absolute atomic E-state index is 4.18. The van der Waals surface area contributed by atoms with E-state index in [4.69, 9.17) is 0 Å². The van der Waals surface area contributed by atoms with E-state index in [1.54, 1.807) is 12.5 Å². The lowest BCUT2D eigenvalue weighted by molar-refractivity contribution is 0.425. The summed E-state index contributed by atoms with van der Waals surface area (Å²) in [5.41, 5.74) is 3.13. The van der Waals surface area contributed by atoms with E-state index in [1.807, 2.05) is 6.07 Å². The number of nitrogens with zero attached hydrogens (tertiary/aromatic N) is 2. The van der Waals surface area contributed by atoms with Crippen LogP contribution in [0.4, 0.5) is 0 Å². The third-order valence-electron chi connectivity index (χ3n) is 2.22. The highest BCUT2D eigenvalue weighted by Gasteiger charge is 2.10. The van der Waals surface area contributed by atoms with Gasteiger partial charge in [0.2, 0.25) is 0 Å². The average molecular weight is 204 g/mol. The predicted octanol–water partition coefficient (Wildman–Crippen LogP) is 1.85. The van der Waals surface area contributed by atoms with Crippen LogP contribution in [0.3, 0.4) is 0 Å². The number of fused-ring (bicyclic) bond motifs is 1. The summed E-state index contributed by atoms with van der Waals surface area (Å²) in [6.45, 7) is 7.28. The molecule has 2 aromatic heterocycles. The summed E-state index contributed by atoms with van der Waals surface area (Å²) in [4.78, 5) is 11.4. The minimum absolute atomic E-state index is 0.121. The molecule has 0 bridgehead atoms. The Morgan fingerprint density at radius 3 is 2.87 bits per heavy atom. The lowest BCUT2D eigenvalue weighted by atomic mass is 10.1. The molecule has 0 fully saturated rings. The summed E-state index contributed by atoms with van der Waals surface area (Å²) in [6.07, 6.45) is 3.47. The molecule has 0 unspecified atom stereocenters. The summed E-state index contributed by atoms with van der Waals surface area (Å²) in [5.74, 6) is 0. The van der Waals surface area contributed by atoms with Crippen molar-refractivity contribution in [3.63, 3.8) is 0 Å². The number of hydrogen-bond donors (Lipinski definition) is 2. The number of H-pyrrole nitrogens is 1. The Morgan fingerprint density at radius 2 is 2.13 bits per heavy atom. The molecule has 15 heavy (non-hydrogen) atoms. The van der Waals surface area contributed by atoms with Crippen molar-refractivity contribution < 1.29 is 0 Å². The van der Waals surface area contributed by atoms with Crippen molar-refractivity contribution in [1.29, 1.82) is 0 Å². The number of pyridine rings is 1. The monoisotopic (exact) mass is 204 g/mol. The maximum atomic E-state index is 4.18. The lowest BCUT2D eigenvalue weighted by Gasteiger charge is -2.20. The Labute approximate surface area is 89.1 Å².